The second-order valence-electron chi connectivity index (χ2n) is 15.9. The van der Waals surface area contributed by atoms with E-state index < -0.39 is 0 Å². The van der Waals surface area contributed by atoms with Crippen LogP contribution in [0.3, 0.4) is 0 Å². The number of rotatable bonds is 5. The van der Waals surface area contributed by atoms with Crippen molar-refractivity contribution in [2.45, 2.75) is 0 Å². The zero-order chi connectivity index (χ0) is 40.7. The zero-order valence-electron chi connectivity index (χ0n) is 33.3. The van der Waals surface area contributed by atoms with E-state index in [9.17, 15) is 0 Å². The topological polar surface area (TPSA) is 43.6 Å². The molecule has 0 atom stereocenters. The predicted octanol–water partition coefficient (Wildman–Crippen LogP) is 15.5. The van der Waals surface area contributed by atoms with Gasteiger partial charge in [0.2, 0.25) is 0 Å². The highest BCUT2D eigenvalue weighted by atomic mass is 32.1. The molecule has 0 aliphatic heterocycles. The first-order chi connectivity index (χ1) is 30.7. The minimum absolute atomic E-state index is 0.647. The summed E-state index contributed by atoms with van der Waals surface area (Å²) in [5, 5.41) is 12.3. The molecule has 3 heterocycles. The van der Waals surface area contributed by atoms with Crippen molar-refractivity contribution < 1.29 is 0 Å². The van der Waals surface area contributed by atoms with Gasteiger partial charge in [0.05, 0.1) is 16.7 Å². The Kier molecular flexibility index (Phi) is 7.74. The van der Waals surface area contributed by atoms with Crippen LogP contribution in [0.1, 0.15) is 0 Å². The third kappa shape index (κ3) is 5.35. The van der Waals surface area contributed by atoms with Gasteiger partial charge in [-0.1, -0.05) is 170 Å². The van der Waals surface area contributed by atoms with Gasteiger partial charge in [-0.05, 0) is 74.3 Å². The minimum atomic E-state index is 0.647. The van der Waals surface area contributed by atoms with Crippen LogP contribution in [-0.2, 0) is 0 Å². The maximum Gasteiger partial charge on any atom is 0.164 e. The summed E-state index contributed by atoms with van der Waals surface area (Å²) < 4.78 is 4.85. The van der Waals surface area contributed by atoms with Crippen LogP contribution in [0, 0.1) is 0 Å². The van der Waals surface area contributed by atoms with Crippen LogP contribution in [0.15, 0.2) is 206 Å². The summed E-state index contributed by atoms with van der Waals surface area (Å²) >= 11 is 1.81. The summed E-state index contributed by atoms with van der Waals surface area (Å²) in [5.74, 6) is 1.94. The summed E-state index contributed by atoms with van der Waals surface area (Å²) in [6.45, 7) is 0. The number of aromatic nitrogens is 4. The van der Waals surface area contributed by atoms with Gasteiger partial charge in [0.25, 0.3) is 0 Å². The Morgan fingerprint density at radius 1 is 0.306 bits per heavy atom. The molecule has 0 amide bonds. The van der Waals surface area contributed by atoms with Gasteiger partial charge in [-0.15, -0.1) is 11.3 Å². The SMILES string of the molecule is c1ccc(-c2nc(-c3ccc4c(c3)sc3cccc(-c5ccccc5-n5c6ccccc6c6ccccc65)c34)nc(-c3ccc4c5ccccc5c5ccccc5c4c3)n2)cc1. The molecule has 0 saturated heterocycles. The highest BCUT2D eigenvalue weighted by Gasteiger charge is 2.20. The fourth-order valence-corrected chi connectivity index (χ4v) is 10.8. The highest BCUT2D eigenvalue weighted by Crippen LogP contribution is 2.44. The molecular formula is C57H34N4S. The van der Waals surface area contributed by atoms with Gasteiger partial charge in [-0.25, -0.2) is 15.0 Å². The van der Waals surface area contributed by atoms with E-state index >= 15 is 0 Å². The Morgan fingerprint density at radius 2 is 0.790 bits per heavy atom. The number of hydrogen-bond acceptors (Lipinski definition) is 4. The molecular weight excluding hydrogens is 773 g/mol. The van der Waals surface area contributed by atoms with Crippen LogP contribution in [0.5, 0.6) is 0 Å². The molecule has 288 valence electrons. The molecule has 0 radical (unpaired) electrons. The van der Waals surface area contributed by atoms with Crippen molar-refractivity contribution in [1.82, 2.24) is 19.5 Å². The van der Waals surface area contributed by atoms with Crippen molar-refractivity contribution in [2.24, 2.45) is 0 Å². The van der Waals surface area contributed by atoms with Gasteiger partial charge in [0.15, 0.2) is 17.5 Å². The van der Waals surface area contributed by atoms with Crippen molar-refractivity contribution in [2.75, 3.05) is 0 Å². The minimum Gasteiger partial charge on any atom is -0.309 e. The molecule has 0 aliphatic rings. The van der Waals surface area contributed by atoms with Crippen LogP contribution < -0.4 is 0 Å². The Balaban J connectivity index is 0.981. The molecule has 0 unspecified atom stereocenters. The number of benzene rings is 10. The van der Waals surface area contributed by atoms with Crippen LogP contribution in [0.4, 0.5) is 0 Å². The molecule has 10 aromatic carbocycles. The maximum absolute atomic E-state index is 5.24. The van der Waals surface area contributed by atoms with Gasteiger partial charge in [0.1, 0.15) is 0 Å². The summed E-state index contributed by atoms with van der Waals surface area (Å²) in [6, 6.07) is 73.9. The summed E-state index contributed by atoms with van der Waals surface area (Å²) in [6.07, 6.45) is 0. The lowest BCUT2D eigenvalue weighted by atomic mass is 9.93. The molecule has 3 aromatic heterocycles. The van der Waals surface area contributed by atoms with Crippen molar-refractivity contribution in [3.63, 3.8) is 0 Å². The third-order valence-corrected chi connectivity index (χ3v) is 13.6. The summed E-state index contributed by atoms with van der Waals surface area (Å²) in [7, 11) is 0. The quantitative estimate of drug-likeness (QED) is 0.163. The Morgan fingerprint density at radius 3 is 1.45 bits per heavy atom. The molecule has 4 nitrogen and oxygen atoms in total. The molecule has 13 rings (SSSR count). The number of para-hydroxylation sites is 3. The summed E-state index contributed by atoms with van der Waals surface area (Å²) in [4.78, 5) is 15.5. The van der Waals surface area contributed by atoms with Gasteiger partial charge < -0.3 is 4.57 Å². The second-order valence-corrected chi connectivity index (χ2v) is 17.0. The van der Waals surface area contributed by atoms with Gasteiger partial charge in [-0.2, -0.15) is 0 Å². The van der Waals surface area contributed by atoms with E-state index in [1.54, 1.807) is 0 Å². The van der Waals surface area contributed by atoms with E-state index in [-0.39, 0.29) is 0 Å². The number of nitrogens with zero attached hydrogens (tertiary/aromatic N) is 4. The Hall–Kier alpha value is -7.99. The smallest absolute Gasteiger partial charge is 0.164 e. The van der Waals surface area contributed by atoms with Crippen molar-refractivity contribution in [1.29, 1.82) is 0 Å². The first kappa shape index (κ1) is 34.8. The molecule has 0 bridgehead atoms. The highest BCUT2D eigenvalue weighted by molar-refractivity contribution is 7.26. The van der Waals surface area contributed by atoms with Gasteiger partial charge in [0, 0.05) is 53.2 Å². The molecule has 5 heteroatoms. The fourth-order valence-electron chi connectivity index (χ4n) is 9.66. The fraction of sp³-hybridized carbons (Fsp3) is 0. The first-order valence-corrected chi connectivity index (χ1v) is 21.8. The van der Waals surface area contributed by atoms with E-state index in [1.807, 2.05) is 29.5 Å². The largest absolute Gasteiger partial charge is 0.309 e. The maximum atomic E-state index is 5.24. The molecule has 0 fully saturated rings. The van der Waals surface area contributed by atoms with E-state index in [0.717, 1.165) is 22.4 Å². The monoisotopic (exact) mass is 806 g/mol. The average Bonchev–Trinajstić information content (AvgIpc) is 3.90. The molecule has 0 aliphatic carbocycles. The van der Waals surface area contributed by atoms with Crippen molar-refractivity contribution in [3.05, 3.63) is 206 Å². The first-order valence-electron chi connectivity index (χ1n) is 20.9. The molecule has 0 N–H and O–H groups in total. The average molecular weight is 807 g/mol. The molecule has 13 aromatic rings. The van der Waals surface area contributed by atoms with Gasteiger partial charge in [-0.3, -0.25) is 0 Å². The standard InChI is InChI=1S/C57H34N4S/c1-2-15-35(16-3-1)55-58-56(36-29-31-42-40-19-5-4-17-38(40)39-18-6-7-20-41(39)48(42)33-36)60-57(59-55)37-30-32-47-53(34-37)62-52-28-14-24-46(54(47)52)45-23-10-13-27-51(45)61-49-25-11-8-21-43(49)44-22-9-12-26-50(44)61/h1-34H. The molecule has 0 saturated carbocycles. The van der Waals surface area contributed by atoms with Crippen molar-refractivity contribution >= 4 is 85.6 Å². The lowest BCUT2D eigenvalue weighted by molar-refractivity contribution is 1.08. The van der Waals surface area contributed by atoms with E-state index in [2.05, 4.69) is 193 Å². The Bertz CT molecular complexity index is 3850. The van der Waals surface area contributed by atoms with Crippen LogP contribution in [0.2, 0.25) is 0 Å². The summed E-state index contributed by atoms with van der Waals surface area (Å²) in [5.41, 5.74) is 8.82. The lowest BCUT2D eigenvalue weighted by Gasteiger charge is -2.15. The molecule has 0 spiro atoms. The van der Waals surface area contributed by atoms with E-state index in [1.165, 1.54) is 85.4 Å². The van der Waals surface area contributed by atoms with Crippen LogP contribution >= 0.6 is 11.3 Å². The second kappa shape index (κ2) is 13.8. The number of thiophene rings is 1. The Labute approximate surface area is 360 Å². The van der Waals surface area contributed by atoms with Crippen LogP contribution in [-0.4, -0.2) is 19.5 Å². The predicted molar refractivity (Wildman–Crippen MR) is 261 cm³/mol. The number of hydrogen-bond donors (Lipinski definition) is 0. The van der Waals surface area contributed by atoms with E-state index in [4.69, 9.17) is 15.0 Å². The van der Waals surface area contributed by atoms with Crippen LogP contribution in [0.25, 0.3) is 125 Å². The van der Waals surface area contributed by atoms with E-state index in [0.29, 0.717) is 17.5 Å². The molecule has 62 heavy (non-hydrogen) atoms. The third-order valence-electron chi connectivity index (χ3n) is 12.4. The van der Waals surface area contributed by atoms with Gasteiger partial charge >= 0.3 is 0 Å². The lowest BCUT2D eigenvalue weighted by Crippen LogP contribution is -2.00. The normalized spacial score (nSPS) is 11.9. The zero-order valence-corrected chi connectivity index (χ0v) is 34.1. The number of fused-ring (bicyclic) bond motifs is 12. The van der Waals surface area contributed by atoms with Crippen molar-refractivity contribution in [3.8, 4) is 51.0 Å².